The first-order valence-electron chi connectivity index (χ1n) is 6.14. The number of likely N-dealkylation sites (N-methyl/N-ethyl adjacent to an activating group) is 1. The van der Waals surface area contributed by atoms with E-state index in [0.717, 1.165) is 24.0 Å². The molecule has 4 heteroatoms. The number of aliphatic carboxylic acids is 1. The van der Waals surface area contributed by atoms with Gasteiger partial charge in [-0.05, 0) is 29.9 Å². The molecule has 2 unspecified atom stereocenters. The fraction of sp³-hybridized carbons (Fsp3) is 0.429. The maximum Gasteiger partial charge on any atom is 0.307 e. The summed E-state index contributed by atoms with van der Waals surface area (Å²) in [4.78, 5) is 22.2. The van der Waals surface area contributed by atoms with Crippen LogP contribution in [0.2, 0.25) is 0 Å². The highest BCUT2D eigenvalue weighted by atomic mass is 16.4. The third-order valence-electron chi connectivity index (χ3n) is 3.64. The number of rotatable bonds is 4. The van der Waals surface area contributed by atoms with E-state index in [1.807, 2.05) is 24.3 Å². The van der Waals surface area contributed by atoms with Crippen LogP contribution in [-0.2, 0) is 16.0 Å². The summed E-state index contributed by atoms with van der Waals surface area (Å²) in [5, 5.41) is 11.6. The third kappa shape index (κ3) is 2.53. The molecule has 2 atom stereocenters. The van der Waals surface area contributed by atoms with Crippen LogP contribution in [0, 0.1) is 5.92 Å². The minimum Gasteiger partial charge on any atom is -0.481 e. The number of benzene rings is 1. The van der Waals surface area contributed by atoms with E-state index in [1.165, 1.54) is 0 Å². The minimum atomic E-state index is -0.708. The Kier molecular flexibility index (Phi) is 3.65. The van der Waals surface area contributed by atoms with Crippen molar-refractivity contribution in [1.29, 1.82) is 0 Å². The second kappa shape index (κ2) is 5.21. The Labute approximate surface area is 106 Å². The van der Waals surface area contributed by atoms with Crippen LogP contribution < -0.4 is 5.32 Å². The first-order chi connectivity index (χ1) is 8.61. The maximum absolute atomic E-state index is 11.2. The largest absolute Gasteiger partial charge is 0.481 e. The molecule has 0 saturated heterocycles. The predicted octanol–water partition coefficient (Wildman–Crippen LogP) is 1.55. The summed E-state index contributed by atoms with van der Waals surface area (Å²) in [7, 11) is 1.61. The van der Waals surface area contributed by atoms with Crippen molar-refractivity contribution < 1.29 is 14.7 Å². The van der Waals surface area contributed by atoms with Crippen molar-refractivity contribution >= 4 is 11.9 Å². The zero-order chi connectivity index (χ0) is 13.1. The molecule has 18 heavy (non-hydrogen) atoms. The van der Waals surface area contributed by atoms with E-state index in [-0.39, 0.29) is 17.7 Å². The van der Waals surface area contributed by atoms with Gasteiger partial charge in [0.2, 0.25) is 5.91 Å². The summed E-state index contributed by atoms with van der Waals surface area (Å²) in [6.45, 7) is 0. The fourth-order valence-electron chi connectivity index (χ4n) is 2.35. The Hall–Kier alpha value is -1.84. The standard InChI is InChI=1S/C14H17NO3/c1-15-13(16)8-9-2-4-10(5-3-9)11-6-7-12(11)14(17)18/h2-5,11-12H,6-8H2,1H3,(H,15,16)(H,17,18). The summed E-state index contributed by atoms with van der Waals surface area (Å²) in [6.07, 6.45) is 2.07. The second-order valence-corrected chi connectivity index (χ2v) is 4.72. The summed E-state index contributed by atoms with van der Waals surface area (Å²) in [6, 6.07) is 7.69. The Bertz CT molecular complexity index is 453. The van der Waals surface area contributed by atoms with Crippen LogP contribution in [0.3, 0.4) is 0 Å². The maximum atomic E-state index is 11.2. The van der Waals surface area contributed by atoms with E-state index in [9.17, 15) is 9.59 Å². The lowest BCUT2D eigenvalue weighted by Crippen LogP contribution is -2.30. The zero-order valence-electron chi connectivity index (χ0n) is 10.3. The number of amides is 1. The highest BCUT2D eigenvalue weighted by Crippen LogP contribution is 2.42. The molecule has 0 heterocycles. The van der Waals surface area contributed by atoms with Gasteiger partial charge in [-0.3, -0.25) is 9.59 Å². The summed E-state index contributed by atoms with van der Waals surface area (Å²) >= 11 is 0. The lowest BCUT2D eigenvalue weighted by atomic mass is 9.70. The van der Waals surface area contributed by atoms with Crippen LogP contribution in [-0.4, -0.2) is 24.0 Å². The van der Waals surface area contributed by atoms with Crippen LogP contribution in [0.1, 0.15) is 29.9 Å². The molecule has 0 aromatic heterocycles. The Morgan fingerprint density at radius 2 is 1.94 bits per heavy atom. The number of carbonyl (C=O) groups is 2. The van der Waals surface area contributed by atoms with E-state index in [0.29, 0.717) is 6.42 Å². The molecule has 0 bridgehead atoms. The summed E-state index contributed by atoms with van der Waals surface area (Å²) in [5.74, 6) is -0.832. The molecule has 1 saturated carbocycles. The Balaban J connectivity index is 2.04. The molecular weight excluding hydrogens is 230 g/mol. The van der Waals surface area contributed by atoms with Gasteiger partial charge in [0.15, 0.2) is 0 Å². The van der Waals surface area contributed by atoms with E-state index < -0.39 is 5.97 Å². The molecule has 1 fully saturated rings. The average molecular weight is 247 g/mol. The number of hydrogen-bond donors (Lipinski definition) is 2. The van der Waals surface area contributed by atoms with E-state index in [2.05, 4.69) is 5.32 Å². The van der Waals surface area contributed by atoms with Crippen LogP contribution in [0.25, 0.3) is 0 Å². The van der Waals surface area contributed by atoms with Gasteiger partial charge in [0.05, 0.1) is 12.3 Å². The van der Waals surface area contributed by atoms with Crippen LogP contribution in [0.15, 0.2) is 24.3 Å². The molecule has 96 valence electrons. The van der Waals surface area contributed by atoms with Gasteiger partial charge in [-0.2, -0.15) is 0 Å². The molecule has 1 aliphatic carbocycles. The van der Waals surface area contributed by atoms with Crippen molar-refractivity contribution in [2.24, 2.45) is 5.92 Å². The number of nitrogens with one attached hydrogen (secondary N) is 1. The predicted molar refractivity (Wildman–Crippen MR) is 67.3 cm³/mol. The number of hydrogen-bond acceptors (Lipinski definition) is 2. The fourth-order valence-corrected chi connectivity index (χ4v) is 2.35. The molecule has 0 spiro atoms. The number of carbonyl (C=O) groups excluding carboxylic acids is 1. The SMILES string of the molecule is CNC(=O)Cc1ccc(C2CCC2C(=O)O)cc1. The Morgan fingerprint density at radius 1 is 1.28 bits per heavy atom. The summed E-state index contributed by atoms with van der Waals surface area (Å²) < 4.78 is 0. The lowest BCUT2D eigenvalue weighted by molar-refractivity contribution is -0.145. The van der Waals surface area contributed by atoms with Gasteiger partial charge in [0, 0.05) is 7.05 Å². The minimum absolute atomic E-state index is 0.0187. The number of carboxylic acids is 1. The van der Waals surface area contributed by atoms with Gasteiger partial charge in [0.1, 0.15) is 0 Å². The first-order valence-corrected chi connectivity index (χ1v) is 6.14. The quantitative estimate of drug-likeness (QED) is 0.848. The van der Waals surface area contributed by atoms with Crippen molar-refractivity contribution in [3.05, 3.63) is 35.4 Å². The smallest absolute Gasteiger partial charge is 0.307 e. The average Bonchev–Trinajstić information content (AvgIpc) is 2.29. The topological polar surface area (TPSA) is 66.4 Å². The third-order valence-corrected chi connectivity index (χ3v) is 3.64. The molecule has 2 rings (SSSR count). The van der Waals surface area contributed by atoms with E-state index in [4.69, 9.17) is 5.11 Å². The lowest BCUT2D eigenvalue weighted by Gasteiger charge is -2.33. The van der Waals surface area contributed by atoms with Crippen LogP contribution >= 0.6 is 0 Å². The van der Waals surface area contributed by atoms with Crippen molar-refractivity contribution in [2.75, 3.05) is 7.05 Å². The molecule has 1 amide bonds. The summed E-state index contributed by atoms with van der Waals surface area (Å²) in [5.41, 5.74) is 2.01. The van der Waals surface area contributed by atoms with Gasteiger partial charge in [0.25, 0.3) is 0 Å². The molecule has 2 N–H and O–H groups in total. The normalized spacial score (nSPS) is 22.1. The van der Waals surface area contributed by atoms with Gasteiger partial charge in [-0.1, -0.05) is 24.3 Å². The zero-order valence-corrected chi connectivity index (χ0v) is 10.3. The van der Waals surface area contributed by atoms with Crippen LogP contribution in [0.5, 0.6) is 0 Å². The van der Waals surface area contributed by atoms with Crippen molar-refractivity contribution in [2.45, 2.75) is 25.2 Å². The highest BCUT2D eigenvalue weighted by molar-refractivity contribution is 5.78. The monoisotopic (exact) mass is 247 g/mol. The molecule has 0 radical (unpaired) electrons. The van der Waals surface area contributed by atoms with E-state index >= 15 is 0 Å². The van der Waals surface area contributed by atoms with Gasteiger partial charge in [-0.15, -0.1) is 0 Å². The van der Waals surface area contributed by atoms with Crippen molar-refractivity contribution in [3.63, 3.8) is 0 Å². The highest BCUT2D eigenvalue weighted by Gasteiger charge is 2.37. The number of carboxylic acid groups (broad SMARTS) is 1. The first kappa shape index (κ1) is 12.6. The van der Waals surface area contributed by atoms with E-state index in [1.54, 1.807) is 7.05 Å². The molecule has 1 aliphatic rings. The van der Waals surface area contributed by atoms with Gasteiger partial charge < -0.3 is 10.4 Å². The Morgan fingerprint density at radius 3 is 2.39 bits per heavy atom. The molecule has 0 aliphatic heterocycles. The molecule has 1 aromatic carbocycles. The molecule has 1 aromatic rings. The molecule has 4 nitrogen and oxygen atoms in total. The second-order valence-electron chi connectivity index (χ2n) is 4.72. The van der Waals surface area contributed by atoms with Crippen LogP contribution in [0.4, 0.5) is 0 Å². The van der Waals surface area contributed by atoms with Gasteiger partial charge >= 0.3 is 5.97 Å². The molecular formula is C14H17NO3. The van der Waals surface area contributed by atoms with Gasteiger partial charge in [-0.25, -0.2) is 0 Å². The van der Waals surface area contributed by atoms with Crippen molar-refractivity contribution in [3.8, 4) is 0 Å². The van der Waals surface area contributed by atoms with Crippen molar-refractivity contribution in [1.82, 2.24) is 5.32 Å².